The van der Waals surface area contributed by atoms with Crippen LogP contribution in [-0.4, -0.2) is 32.1 Å². The molecule has 1 aliphatic heterocycles. The summed E-state index contributed by atoms with van der Waals surface area (Å²) in [5.74, 6) is 1.13. The van der Waals surface area contributed by atoms with E-state index in [4.69, 9.17) is 4.74 Å². The quantitative estimate of drug-likeness (QED) is 0.796. The normalized spacial score (nSPS) is 23.8. The second-order valence-corrected chi connectivity index (χ2v) is 5.19. The number of amides is 1. The van der Waals surface area contributed by atoms with E-state index in [9.17, 15) is 4.79 Å². The van der Waals surface area contributed by atoms with E-state index in [2.05, 4.69) is 21.7 Å². The molecule has 3 rings (SSSR count). The Morgan fingerprint density at radius 1 is 1.30 bits per heavy atom. The number of nitrogens with one attached hydrogen (secondary N) is 2. The lowest BCUT2D eigenvalue weighted by Gasteiger charge is -2.13. The highest BCUT2D eigenvalue weighted by Gasteiger charge is 2.34. The number of nitrogens with zero attached hydrogens (tertiary/aromatic N) is 1. The van der Waals surface area contributed by atoms with Crippen LogP contribution in [0.2, 0.25) is 0 Å². The smallest absolute Gasteiger partial charge is 0.253 e. The van der Waals surface area contributed by atoms with Crippen molar-refractivity contribution in [2.45, 2.75) is 24.8 Å². The van der Waals surface area contributed by atoms with Gasteiger partial charge in [0.05, 0.1) is 13.2 Å². The summed E-state index contributed by atoms with van der Waals surface area (Å²) in [4.78, 5) is 16.4. The number of methoxy groups -OCH3 is 1. The van der Waals surface area contributed by atoms with Gasteiger partial charge in [-0.3, -0.25) is 15.1 Å². The number of carbonyl (C=O) groups is 1. The van der Waals surface area contributed by atoms with Crippen LogP contribution < -0.4 is 10.6 Å². The van der Waals surface area contributed by atoms with E-state index in [1.54, 1.807) is 7.11 Å². The molecule has 1 aliphatic carbocycles. The average Bonchev–Trinajstić information content (AvgIpc) is 3.23. The second kappa shape index (κ2) is 5.63. The Labute approximate surface area is 118 Å². The third-order valence-electron chi connectivity index (χ3n) is 3.67. The molecule has 1 atom stereocenters. The number of carbonyl (C=O) groups excluding carboxylic acids is 1. The number of benzene rings is 1. The van der Waals surface area contributed by atoms with Crippen molar-refractivity contribution < 1.29 is 9.53 Å². The van der Waals surface area contributed by atoms with Crippen LogP contribution in [0.15, 0.2) is 29.3 Å². The Morgan fingerprint density at radius 3 is 2.75 bits per heavy atom. The van der Waals surface area contributed by atoms with Crippen LogP contribution in [0.1, 0.15) is 35.9 Å². The largest absolute Gasteiger partial charge is 0.383 e. The molecule has 1 aromatic rings. The molecule has 1 aromatic carbocycles. The van der Waals surface area contributed by atoms with E-state index < -0.39 is 0 Å². The highest BCUT2D eigenvalue weighted by molar-refractivity contribution is 6.06. The maximum Gasteiger partial charge on any atom is 0.253 e. The second-order valence-electron chi connectivity index (χ2n) is 5.19. The molecule has 0 radical (unpaired) electrons. The zero-order chi connectivity index (χ0) is 13.9. The number of guanidine groups is 1. The van der Waals surface area contributed by atoms with Gasteiger partial charge in [-0.15, -0.1) is 0 Å². The summed E-state index contributed by atoms with van der Waals surface area (Å²) in [5.41, 5.74) is 2.36. The van der Waals surface area contributed by atoms with Crippen LogP contribution in [0.5, 0.6) is 0 Å². The van der Waals surface area contributed by atoms with Crippen molar-refractivity contribution in [1.82, 2.24) is 10.6 Å². The minimum Gasteiger partial charge on any atom is -0.383 e. The van der Waals surface area contributed by atoms with Gasteiger partial charge in [0, 0.05) is 7.11 Å². The van der Waals surface area contributed by atoms with E-state index in [1.165, 1.54) is 18.4 Å². The SMILES string of the molecule is COCCN=C1NC(=O)C(c2ccccc2C2CC2)N1. The van der Waals surface area contributed by atoms with Gasteiger partial charge < -0.3 is 10.1 Å². The zero-order valence-corrected chi connectivity index (χ0v) is 11.6. The van der Waals surface area contributed by atoms with E-state index in [0.29, 0.717) is 25.0 Å². The lowest BCUT2D eigenvalue weighted by molar-refractivity contribution is -0.120. The molecule has 2 fully saturated rings. The first-order valence-electron chi connectivity index (χ1n) is 6.99. The number of hydrogen-bond acceptors (Lipinski definition) is 3. The zero-order valence-electron chi connectivity index (χ0n) is 11.6. The first kappa shape index (κ1) is 13.1. The number of aliphatic imine (C=N–C) groups is 1. The molecule has 5 heteroatoms. The summed E-state index contributed by atoms with van der Waals surface area (Å²) in [6.07, 6.45) is 2.44. The monoisotopic (exact) mass is 273 g/mol. The molecule has 0 aromatic heterocycles. The van der Waals surface area contributed by atoms with Crippen LogP contribution in [-0.2, 0) is 9.53 Å². The van der Waals surface area contributed by atoms with Crippen molar-refractivity contribution in [1.29, 1.82) is 0 Å². The van der Waals surface area contributed by atoms with Gasteiger partial charge in [-0.25, -0.2) is 0 Å². The predicted molar refractivity (Wildman–Crippen MR) is 76.6 cm³/mol. The van der Waals surface area contributed by atoms with Crippen LogP contribution >= 0.6 is 0 Å². The number of hydrogen-bond donors (Lipinski definition) is 2. The molecule has 1 saturated carbocycles. The molecule has 106 valence electrons. The number of rotatable bonds is 5. The van der Waals surface area contributed by atoms with Gasteiger partial charge >= 0.3 is 0 Å². The van der Waals surface area contributed by atoms with Gasteiger partial charge in [0.15, 0.2) is 5.96 Å². The van der Waals surface area contributed by atoms with Gasteiger partial charge in [0.25, 0.3) is 5.91 Å². The maximum atomic E-state index is 12.1. The molecule has 1 heterocycles. The van der Waals surface area contributed by atoms with Crippen molar-refractivity contribution in [3.8, 4) is 0 Å². The van der Waals surface area contributed by atoms with Gasteiger partial charge in [0.1, 0.15) is 6.04 Å². The standard InChI is InChI=1S/C15H19N3O2/c1-20-9-8-16-15-17-13(14(19)18-15)12-5-3-2-4-11(12)10-6-7-10/h2-5,10,13H,6-9H2,1H3,(H2,16,17,18,19). The third kappa shape index (κ3) is 2.67. The lowest BCUT2D eigenvalue weighted by atomic mass is 9.97. The van der Waals surface area contributed by atoms with Crippen LogP contribution in [0, 0.1) is 0 Å². The van der Waals surface area contributed by atoms with Gasteiger partial charge in [-0.2, -0.15) is 0 Å². The minimum absolute atomic E-state index is 0.0331. The van der Waals surface area contributed by atoms with E-state index in [0.717, 1.165) is 5.56 Å². The van der Waals surface area contributed by atoms with Crippen LogP contribution in [0.4, 0.5) is 0 Å². The summed E-state index contributed by atoms with van der Waals surface area (Å²) in [5, 5.41) is 5.97. The maximum absolute atomic E-state index is 12.1. The molecule has 20 heavy (non-hydrogen) atoms. The average molecular weight is 273 g/mol. The first-order valence-corrected chi connectivity index (χ1v) is 6.99. The minimum atomic E-state index is -0.326. The Hall–Kier alpha value is -1.88. The molecule has 1 saturated heterocycles. The van der Waals surface area contributed by atoms with Crippen LogP contribution in [0.25, 0.3) is 0 Å². The first-order chi connectivity index (χ1) is 9.79. The fourth-order valence-corrected chi connectivity index (χ4v) is 2.52. The number of ether oxygens (including phenoxy) is 1. The van der Waals surface area contributed by atoms with Gasteiger partial charge in [-0.05, 0) is 29.9 Å². The molecule has 1 unspecified atom stereocenters. The molecular weight excluding hydrogens is 254 g/mol. The predicted octanol–water partition coefficient (Wildman–Crippen LogP) is 1.33. The summed E-state index contributed by atoms with van der Waals surface area (Å²) in [6.45, 7) is 1.08. The Kier molecular flexibility index (Phi) is 3.69. The highest BCUT2D eigenvalue weighted by Crippen LogP contribution is 2.43. The summed E-state index contributed by atoms with van der Waals surface area (Å²) in [6, 6.07) is 7.85. The lowest BCUT2D eigenvalue weighted by Crippen LogP contribution is -2.26. The Morgan fingerprint density at radius 2 is 2.05 bits per heavy atom. The topological polar surface area (TPSA) is 62.7 Å². The van der Waals surface area contributed by atoms with Crippen molar-refractivity contribution in [2.75, 3.05) is 20.3 Å². The fraction of sp³-hybridized carbons (Fsp3) is 0.467. The van der Waals surface area contributed by atoms with E-state index in [-0.39, 0.29) is 11.9 Å². The van der Waals surface area contributed by atoms with Crippen molar-refractivity contribution in [3.05, 3.63) is 35.4 Å². The molecule has 0 bridgehead atoms. The summed E-state index contributed by atoms with van der Waals surface area (Å²) < 4.78 is 4.95. The molecule has 2 N–H and O–H groups in total. The van der Waals surface area contributed by atoms with Crippen molar-refractivity contribution >= 4 is 11.9 Å². The van der Waals surface area contributed by atoms with Gasteiger partial charge in [0.2, 0.25) is 0 Å². The Bertz CT molecular complexity index is 538. The van der Waals surface area contributed by atoms with E-state index in [1.807, 2.05) is 18.2 Å². The van der Waals surface area contributed by atoms with Crippen LogP contribution in [0.3, 0.4) is 0 Å². The fourth-order valence-electron chi connectivity index (χ4n) is 2.52. The third-order valence-corrected chi connectivity index (χ3v) is 3.67. The summed E-state index contributed by atoms with van der Waals surface area (Å²) in [7, 11) is 1.63. The van der Waals surface area contributed by atoms with Crippen molar-refractivity contribution in [3.63, 3.8) is 0 Å². The Balaban J connectivity index is 1.77. The molecular formula is C15H19N3O2. The molecule has 5 nitrogen and oxygen atoms in total. The highest BCUT2D eigenvalue weighted by atomic mass is 16.5. The van der Waals surface area contributed by atoms with Crippen molar-refractivity contribution in [2.24, 2.45) is 4.99 Å². The van der Waals surface area contributed by atoms with E-state index >= 15 is 0 Å². The molecule has 1 amide bonds. The van der Waals surface area contributed by atoms with Gasteiger partial charge in [-0.1, -0.05) is 24.3 Å². The molecule has 2 aliphatic rings. The summed E-state index contributed by atoms with van der Waals surface area (Å²) >= 11 is 0. The molecule has 0 spiro atoms.